The van der Waals surface area contributed by atoms with E-state index in [1.165, 1.54) is 12.8 Å². The molecule has 0 spiro atoms. The molecule has 2 fully saturated rings. The molecule has 0 aromatic carbocycles. The molecule has 1 heterocycles. The lowest BCUT2D eigenvalue weighted by molar-refractivity contribution is -0.143. The second-order valence-corrected chi connectivity index (χ2v) is 5.03. The van der Waals surface area contributed by atoms with Crippen LogP contribution < -0.4 is 5.32 Å². The van der Waals surface area contributed by atoms with Crippen molar-refractivity contribution in [2.45, 2.75) is 69.7 Å². The number of nitrogens with one attached hydrogen (secondary N) is 1. The Morgan fingerprint density at radius 2 is 2.00 bits per heavy atom. The van der Waals surface area contributed by atoms with Crippen LogP contribution >= 0.6 is 0 Å². The average molecular weight is 227 g/mol. The van der Waals surface area contributed by atoms with Gasteiger partial charge in [-0.15, -0.1) is 0 Å². The molecule has 2 rings (SSSR count). The highest BCUT2D eigenvalue weighted by Gasteiger charge is 2.35. The molecule has 16 heavy (non-hydrogen) atoms. The van der Waals surface area contributed by atoms with E-state index in [0.717, 1.165) is 25.7 Å². The second-order valence-electron chi connectivity index (χ2n) is 5.03. The van der Waals surface area contributed by atoms with Gasteiger partial charge in [-0.1, -0.05) is 12.8 Å². The number of carbonyl (C=O) groups is 1. The highest BCUT2D eigenvalue weighted by Crippen LogP contribution is 2.24. The van der Waals surface area contributed by atoms with Gasteiger partial charge in [-0.2, -0.15) is 0 Å². The van der Waals surface area contributed by atoms with Crippen molar-refractivity contribution >= 4 is 5.97 Å². The number of carboxylic acid groups (broad SMARTS) is 1. The molecule has 0 aromatic heterocycles. The maximum Gasteiger partial charge on any atom is 0.323 e. The summed E-state index contributed by atoms with van der Waals surface area (Å²) in [6, 6.07) is -0.145. The minimum absolute atomic E-state index is 0.145. The van der Waals surface area contributed by atoms with Crippen molar-refractivity contribution in [2.75, 3.05) is 0 Å². The summed E-state index contributed by atoms with van der Waals surface area (Å²) in [4.78, 5) is 11.2. The van der Waals surface area contributed by atoms with Crippen molar-refractivity contribution in [2.24, 2.45) is 0 Å². The Morgan fingerprint density at radius 3 is 2.50 bits per heavy atom. The van der Waals surface area contributed by atoms with Crippen LogP contribution in [0.3, 0.4) is 0 Å². The molecular formula is C12H21NO3. The summed E-state index contributed by atoms with van der Waals surface area (Å²) in [6.45, 7) is 2.01. The maximum absolute atomic E-state index is 11.2. The Kier molecular flexibility index (Phi) is 3.82. The maximum atomic E-state index is 11.2. The van der Waals surface area contributed by atoms with Gasteiger partial charge in [0.25, 0.3) is 0 Å². The summed E-state index contributed by atoms with van der Waals surface area (Å²) in [5.74, 6) is -0.772. The zero-order valence-corrected chi connectivity index (χ0v) is 9.82. The SMILES string of the molecule is CC1CCC(C(NC2CCCC2)C(=O)O)O1. The van der Waals surface area contributed by atoms with Crippen molar-refractivity contribution in [1.29, 1.82) is 0 Å². The van der Waals surface area contributed by atoms with E-state index in [4.69, 9.17) is 4.74 Å². The number of ether oxygens (including phenoxy) is 1. The van der Waals surface area contributed by atoms with E-state index in [-0.39, 0.29) is 12.2 Å². The molecule has 4 heteroatoms. The largest absolute Gasteiger partial charge is 0.480 e. The third-order valence-electron chi connectivity index (χ3n) is 3.67. The Hall–Kier alpha value is -0.610. The number of hydrogen-bond donors (Lipinski definition) is 2. The number of aliphatic carboxylic acids is 1. The molecule has 0 amide bonds. The van der Waals surface area contributed by atoms with Gasteiger partial charge in [-0.3, -0.25) is 10.1 Å². The lowest BCUT2D eigenvalue weighted by atomic mass is 10.1. The normalized spacial score (nSPS) is 33.1. The van der Waals surface area contributed by atoms with E-state index in [1.54, 1.807) is 0 Å². The average Bonchev–Trinajstić information content (AvgIpc) is 2.84. The van der Waals surface area contributed by atoms with E-state index in [1.807, 2.05) is 6.92 Å². The van der Waals surface area contributed by atoms with Gasteiger partial charge in [0, 0.05) is 6.04 Å². The van der Waals surface area contributed by atoms with Gasteiger partial charge in [0.2, 0.25) is 0 Å². The Labute approximate surface area is 96.4 Å². The van der Waals surface area contributed by atoms with Gasteiger partial charge < -0.3 is 9.84 Å². The Bertz CT molecular complexity index is 251. The molecule has 1 saturated heterocycles. The van der Waals surface area contributed by atoms with Crippen LogP contribution in [0.15, 0.2) is 0 Å². The van der Waals surface area contributed by atoms with E-state index >= 15 is 0 Å². The summed E-state index contributed by atoms with van der Waals surface area (Å²) in [7, 11) is 0. The van der Waals surface area contributed by atoms with Crippen molar-refractivity contribution in [3.8, 4) is 0 Å². The first kappa shape index (κ1) is 11.9. The molecule has 1 aliphatic heterocycles. The first-order chi connectivity index (χ1) is 7.66. The summed E-state index contributed by atoms with van der Waals surface area (Å²) in [5.41, 5.74) is 0. The molecule has 3 atom stereocenters. The smallest absolute Gasteiger partial charge is 0.323 e. The lowest BCUT2D eigenvalue weighted by Crippen LogP contribution is -2.49. The highest BCUT2D eigenvalue weighted by molar-refractivity contribution is 5.74. The Balaban J connectivity index is 1.91. The van der Waals surface area contributed by atoms with Gasteiger partial charge in [0.05, 0.1) is 12.2 Å². The fourth-order valence-electron chi connectivity index (χ4n) is 2.76. The third kappa shape index (κ3) is 2.74. The first-order valence-corrected chi connectivity index (χ1v) is 6.31. The van der Waals surface area contributed by atoms with Crippen LogP contribution in [0.2, 0.25) is 0 Å². The van der Waals surface area contributed by atoms with E-state index < -0.39 is 12.0 Å². The molecule has 2 N–H and O–H groups in total. The molecule has 3 unspecified atom stereocenters. The van der Waals surface area contributed by atoms with Gasteiger partial charge in [-0.25, -0.2) is 0 Å². The zero-order chi connectivity index (χ0) is 11.5. The van der Waals surface area contributed by atoms with Gasteiger partial charge in [-0.05, 0) is 32.6 Å². The second kappa shape index (κ2) is 5.15. The first-order valence-electron chi connectivity index (χ1n) is 6.31. The Morgan fingerprint density at radius 1 is 1.31 bits per heavy atom. The van der Waals surface area contributed by atoms with Crippen molar-refractivity contribution in [3.05, 3.63) is 0 Å². The van der Waals surface area contributed by atoms with Crippen LogP contribution in [-0.4, -0.2) is 35.4 Å². The number of hydrogen-bond acceptors (Lipinski definition) is 3. The molecule has 0 aromatic rings. The fourth-order valence-corrected chi connectivity index (χ4v) is 2.76. The zero-order valence-electron chi connectivity index (χ0n) is 9.82. The van der Waals surface area contributed by atoms with E-state index in [0.29, 0.717) is 6.04 Å². The summed E-state index contributed by atoms with van der Waals surface area (Å²) in [6.07, 6.45) is 6.53. The topological polar surface area (TPSA) is 58.6 Å². The van der Waals surface area contributed by atoms with Crippen molar-refractivity contribution < 1.29 is 14.6 Å². The number of rotatable bonds is 4. The van der Waals surface area contributed by atoms with E-state index in [2.05, 4.69) is 5.32 Å². The predicted molar refractivity (Wildman–Crippen MR) is 60.4 cm³/mol. The van der Waals surface area contributed by atoms with Crippen LogP contribution in [0.5, 0.6) is 0 Å². The van der Waals surface area contributed by atoms with Crippen LogP contribution in [-0.2, 0) is 9.53 Å². The molecule has 2 aliphatic rings. The monoisotopic (exact) mass is 227 g/mol. The molecule has 0 bridgehead atoms. The van der Waals surface area contributed by atoms with Crippen molar-refractivity contribution in [3.63, 3.8) is 0 Å². The van der Waals surface area contributed by atoms with Gasteiger partial charge in [0.1, 0.15) is 6.04 Å². The van der Waals surface area contributed by atoms with Crippen LogP contribution in [0.25, 0.3) is 0 Å². The van der Waals surface area contributed by atoms with E-state index in [9.17, 15) is 9.90 Å². The van der Waals surface area contributed by atoms with Crippen LogP contribution in [0.1, 0.15) is 45.4 Å². The molecule has 4 nitrogen and oxygen atoms in total. The molecular weight excluding hydrogens is 206 g/mol. The quantitative estimate of drug-likeness (QED) is 0.765. The van der Waals surface area contributed by atoms with Gasteiger partial charge in [0.15, 0.2) is 0 Å². The lowest BCUT2D eigenvalue weighted by Gasteiger charge is -2.24. The molecule has 92 valence electrons. The summed E-state index contributed by atoms with van der Waals surface area (Å²) in [5, 5.41) is 12.5. The van der Waals surface area contributed by atoms with Crippen LogP contribution in [0.4, 0.5) is 0 Å². The fraction of sp³-hybridized carbons (Fsp3) is 0.917. The predicted octanol–water partition coefficient (Wildman–Crippen LogP) is 1.54. The summed E-state index contributed by atoms with van der Waals surface area (Å²) >= 11 is 0. The highest BCUT2D eigenvalue weighted by atomic mass is 16.5. The minimum Gasteiger partial charge on any atom is -0.480 e. The third-order valence-corrected chi connectivity index (χ3v) is 3.67. The van der Waals surface area contributed by atoms with Gasteiger partial charge >= 0.3 is 5.97 Å². The van der Waals surface area contributed by atoms with Crippen molar-refractivity contribution in [1.82, 2.24) is 5.32 Å². The minimum atomic E-state index is -0.772. The summed E-state index contributed by atoms with van der Waals surface area (Å²) < 4.78 is 5.65. The van der Waals surface area contributed by atoms with Crippen LogP contribution in [0, 0.1) is 0 Å². The number of carboxylic acids is 1. The standard InChI is InChI=1S/C12H21NO3/c1-8-6-7-10(16-8)11(12(14)15)13-9-4-2-3-5-9/h8-11,13H,2-7H2,1H3,(H,14,15). The molecule has 1 aliphatic carbocycles. The molecule has 1 saturated carbocycles. The molecule has 0 radical (unpaired) electrons.